The zero-order valence-electron chi connectivity index (χ0n) is 18.5. The second-order valence-corrected chi connectivity index (χ2v) is 7.27. The van der Waals surface area contributed by atoms with Gasteiger partial charge in [0, 0.05) is 37.7 Å². The van der Waals surface area contributed by atoms with E-state index in [2.05, 4.69) is 10.2 Å². The van der Waals surface area contributed by atoms with E-state index in [0.29, 0.717) is 17.2 Å². The topological polar surface area (TPSA) is 69.3 Å². The van der Waals surface area contributed by atoms with Crippen molar-refractivity contribution >= 4 is 23.4 Å². The normalized spacial score (nSPS) is 16.3. The zero-order valence-corrected chi connectivity index (χ0v) is 18.5. The summed E-state index contributed by atoms with van der Waals surface area (Å²) in [5.74, 6) is 1.35. The highest BCUT2D eigenvalue weighted by molar-refractivity contribution is 6.02. The minimum atomic E-state index is -0.223. The molecule has 3 rings (SSSR count). The third-order valence-electron chi connectivity index (χ3n) is 5.33. The Morgan fingerprint density at radius 2 is 1.71 bits per heavy atom. The minimum Gasteiger partial charge on any atom is -0.493 e. The SMILES string of the molecule is COc1cc(/C=C/C(=O)Nc2ccc(N3CCCC(OC)C3)cc2)cc(OC)c1OC. The Labute approximate surface area is 183 Å². The fraction of sp³-hybridized carbons (Fsp3) is 0.375. The maximum Gasteiger partial charge on any atom is 0.248 e. The van der Waals surface area contributed by atoms with Crippen molar-refractivity contribution < 1.29 is 23.7 Å². The molecule has 166 valence electrons. The van der Waals surface area contributed by atoms with E-state index in [4.69, 9.17) is 18.9 Å². The number of hydrogen-bond donors (Lipinski definition) is 1. The summed E-state index contributed by atoms with van der Waals surface area (Å²) < 4.78 is 21.5. The molecule has 1 N–H and O–H groups in total. The first-order valence-corrected chi connectivity index (χ1v) is 10.2. The van der Waals surface area contributed by atoms with Crippen LogP contribution in [0.15, 0.2) is 42.5 Å². The maximum absolute atomic E-state index is 12.4. The average Bonchev–Trinajstić information content (AvgIpc) is 2.82. The smallest absolute Gasteiger partial charge is 0.248 e. The van der Waals surface area contributed by atoms with Gasteiger partial charge in [-0.05, 0) is 60.9 Å². The van der Waals surface area contributed by atoms with Crippen molar-refractivity contribution in [2.75, 3.05) is 51.7 Å². The van der Waals surface area contributed by atoms with Gasteiger partial charge in [-0.15, -0.1) is 0 Å². The van der Waals surface area contributed by atoms with Crippen LogP contribution in [-0.2, 0) is 9.53 Å². The van der Waals surface area contributed by atoms with E-state index in [0.717, 1.165) is 42.9 Å². The molecule has 0 saturated carbocycles. The molecule has 0 bridgehead atoms. The summed E-state index contributed by atoms with van der Waals surface area (Å²) in [7, 11) is 6.43. The molecule has 7 heteroatoms. The molecule has 0 radical (unpaired) electrons. The van der Waals surface area contributed by atoms with Crippen LogP contribution >= 0.6 is 0 Å². The molecule has 0 spiro atoms. The Hall–Kier alpha value is -3.19. The molecule has 1 heterocycles. The van der Waals surface area contributed by atoms with Crippen LogP contribution in [0.3, 0.4) is 0 Å². The first-order chi connectivity index (χ1) is 15.1. The summed E-state index contributed by atoms with van der Waals surface area (Å²) in [5.41, 5.74) is 2.63. The van der Waals surface area contributed by atoms with Gasteiger partial charge < -0.3 is 29.2 Å². The Morgan fingerprint density at radius 3 is 2.29 bits per heavy atom. The lowest BCUT2D eigenvalue weighted by Gasteiger charge is -2.33. The molecule has 1 fully saturated rings. The molecule has 1 atom stereocenters. The zero-order chi connectivity index (χ0) is 22.2. The summed E-state index contributed by atoms with van der Waals surface area (Å²) in [6, 6.07) is 11.4. The molecular formula is C24H30N2O5. The molecule has 1 aliphatic rings. The van der Waals surface area contributed by atoms with Gasteiger partial charge in [0.1, 0.15) is 0 Å². The fourth-order valence-electron chi connectivity index (χ4n) is 3.67. The number of carbonyl (C=O) groups excluding carboxylic acids is 1. The predicted octanol–water partition coefficient (Wildman–Crippen LogP) is 3.98. The van der Waals surface area contributed by atoms with E-state index >= 15 is 0 Å². The second kappa shape index (κ2) is 10.7. The van der Waals surface area contributed by atoms with Crippen molar-refractivity contribution in [3.05, 3.63) is 48.0 Å². The summed E-state index contributed by atoms with van der Waals surface area (Å²) in [6.07, 6.45) is 5.66. The molecular weight excluding hydrogens is 396 g/mol. The van der Waals surface area contributed by atoms with Crippen molar-refractivity contribution in [3.63, 3.8) is 0 Å². The molecule has 1 aliphatic heterocycles. The third-order valence-corrected chi connectivity index (χ3v) is 5.33. The standard InChI is InChI=1S/C24H30N2O5/c1-28-20-6-5-13-26(16-20)19-10-8-18(9-11-19)25-23(27)12-7-17-14-21(29-2)24(31-4)22(15-17)30-3/h7-12,14-15,20H,5-6,13,16H2,1-4H3,(H,25,27)/b12-7+. The minimum absolute atomic E-state index is 0.223. The van der Waals surface area contributed by atoms with Crippen molar-refractivity contribution in [2.24, 2.45) is 0 Å². The number of benzene rings is 2. The number of carbonyl (C=O) groups is 1. The highest BCUT2D eigenvalue weighted by atomic mass is 16.5. The van der Waals surface area contributed by atoms with Crippen LogP contribution in [-0.4, -0.2) is 53.5 Å². The van der Waals surface area contributed by atoms with Gasteiger partial charge in [0.05, 0.1) is 27.4 Å². The largest absolute Gasteiger partial charge is 0.493 e. The van der Waals surface area contributed by atoms with Crippen molar-refractivity contribution in [2.45, 2.75) is 18.9 Å². The van der Waals surface area contributed by atoms with Gasteiger partial charge in [-0.3, -0.25) is 4.79 Å². The van der Waals surface area contributed by atoms with Crippen molar-refractivity contribution in [1.82, 2.24) is 0 Å². The Balaban J connectivity index is 1.63. The molecule has 1 amide bonds. The second-order valence-electron chi connectivity index (χ2n) is 7.27. The number of nitrogens with zero attached hydrogens (tertiary/aromatic N) is 1. The average molecular weight is 427 g/mol. The van der Waals surface area contributed by atoms with E-state index in [1.807, 2.05) is 24.3 Å². The number of nitrogens with one attached hydrogen (secondary N) is 1. The highest BCUT2D eigenvalue weighted by Gasteiger charge is 2.19. The highest BCUT2D eigenvalue weighted by Crippen LogP contribution is 2.38. The molecule has 7 nitrogen and oxygen atoms in total. The van der Waals surface area contributed by atoms with Gasteiger partial charge in [-0.25, -0.2) is 0 Å². The van der Waals surface area contributed by atoms with E-state index in [1.165, 1.54) is 6.08 Å². The van der Waals surface area contributed by atoms with Crippen LogP contribution in [0.25, 0.3) is 6.08 Å². The lowest BCUT2D eigenvalue weighted by Crippen LogP contribution is -2.39. The van der Waals surface area contributed by atoms with Crippen LogP contribution in [0.2, 0.25) is 0 Å². The molecule has 0 aromatic heterocycles. The lowest BCUT2D eigenvalue weighted by molar-refractivity contribution is -0.111. The lowest BCUT2D eigenvalue weighted by atomic mass is 10.1. The van der Waals surface area contributed by atoms with Gasteiger partial charge in [-0.2, -0.15) is 0 Å². The van der Waals surface area contributed by atoms with E-state index in [-0.39, 0.29) is 12.0 Å². The third kappa shape index (κ3) is 5.70. The molecule has 2 aromatic carbocycles. The first-order valence-electron chi connectivity index (χ1n) is 10.2. The number of amides is 1. The fourth-order valence-corrected chi connectivity index (χ4v) is 3.67. The van der Waals surface area contributed by atoms with Gasteiger partial charge in [0.25, 0.3) is 0 Å². The van der Waals surface area contributed by atoms with Crippen molar-refractivity contribution in [3.8, 4) is 17.2 Å². The summed E-state index contributed by atoms with van der Waals surface area (Å²) in [5, 5.41) is 2.89. The van der Waals surface area contributed by atoms with Gasteiger partial charge in [-0.1, -0.05) is 0 Å². The number of anilines is 2. The van der Waals surface area contributed by atoms with Gasteiger partial charge in [0.2, 0.25) is 11.7 Å². The number of rotatable bonds is 8. The van der Waals surface area contributed by atoms with Crippen LogP contribution in [0.1, 0.15) is 18.4 Å². The summed E-state index contributed by atoms with van der Waals surface area (Å²) >= 11 is 0. The maximum atomic E-state index is 12.4. The number of methoxy groups -OCH3 is 4. The quantitative estimate of drug-likeness (QED) is 0.644. The molecule has 2 aromatic rings. The van der Waals surface area contributed by atoms with Crippen LogP contribution < -0.4 is 24.4 Å². The Kier molecular flexibility index (Phi) is 7.78. The van der Waals surface area contributed by atoms with Crippen molar-refractivity contribution in [1.29, 1.82) is 0 Å². The van der Waals surface area contributed by atoms with Crippen LogP contribution in [0.5, 0.6) is 17.2 Å². The monoisotopic (exact) mass is 426 g/mol. The Morgan fingerprint density at radius 1 is 1.03 bits per heavy atom. The number of ether oxygens (including phenoxy) is 4. The number of hydrogen-bond acceptors (Lipinski definition) is 6. The van der Waals surface area contributed by atoms with Gasteiger partial charge >= 0.3 is 0 Å². The summed E-state index contributed by atoms with van der Waals surface area (Å²) in [4.78, 5) is 14.7. The molecule has 0 aliphatic carbocycles. The van der Waals surface area contributed by atoms with Crippen LogP contribution in [0.4, 0.5) is 11.4 Å². The van der Waals surface area contributed by atoms with Gasteiger partial charge in [0.15, 0.2) is 11.5 Å². The molecule has 1 unspecified atom stereocenters. The first kappa shape index (κ1) is 22.5. The van der Waals surface area contributed by atoms with Crippen LogP contribution in [0, 0.1) is 0 Å². The van der Waals surface area contributed by atoms with E-state index in [9.17, 15) is 4.79 Å². The van der Waals surface area contributed by atoms with E-state index in [1.54, 1.807) is 46.6 Å². The number of piperidine rings is 1. The molecule has 31 heavy (non-hydrogen) atoms. The predicted molar refractivity (Wildman–Crippen MR) is 122 cm³/mol. The summed E-state index contributed by atoms with van der Waals surface area (Å²) in [6.45, 7) is 1.91. The molecule has 1 saturated heterocycles. The Bertz CT molecular complexity index is 886. The van der Waals surface area contributed by atoms with E-state index < -0.39 is 0 Å².